The molecule has 0 bridgehead atoms. The molecule has 0 saturated carbocycles. The molecule has 1 saturated heterocycles. The Bertz CT molecular complexity index is 609. The third kappa shape index (κ3) is 3.97. The van der Waals surface area contributed by atoms with Gasteiger partial charge in [0.25, 0.3) is 5.91 Å². The molecule has 0 aromatic heterocycles. The number of carbonyl (C=O) groups excluding carboxylic acids is 2. The van der Waals surface area contributed by atoms with Crippen LogP contribution in [-0.4, -0.2) is 35.4 Å². The summed E-state index contributed by atoms with van der Waals surface area (Å²) in [6.07, 6.45) is 0.449. The van der Waals surface area contributed by atoms with E-state index in [2.05, 4.69) is 0 Å². The summed E-state index contributed by atoms with van der Waals surface area (Å²) in [6.45, 7) is 3.67. The van der Waals surface area contributed by atoms with Crippen LogP contribution in [0.3, 0.4) is 0 Å². The molecule has 0 aliphatic carbocycles. The molecule has 5 nitrogen and oxygen atoms in total. The third-order valence-electron chi connectivity index (χ3n) is 4.12. The number of benzene rings is 1. The minimum atomic E-state index is -1.04. The fourth-order valence-corrected chi connectivity index (χ4v) is 2.68. The predicted molar refractivity (Wildman–Crippen MR) is 79.5 cm³/mol. The number of nitrogens with zero attached hydrogens (tertiary/aromatic N) is 1. The number of carbonyl (C=O) groups is 2. The number of likely N-dealkylation sites (tertiary alicyclic amines) is 1. The molecule has 2 N–H and O–H groups in total. The first-order valence-corrected chi connectivity index (χ1v) is 7.51. The van der Waals surface area contributed by atoms with Gasteiger partial charge in [0.2, 0.25) is 5.91 Å². The third-order valence-corrected chi connectivity index (χ3v) is 4.12. The topological polar surface area (TPSA) is 72.6 Å². The number of ether oxygens (including phenoxy) is 1. The standard InChI is InChI=1S/C16H20F2N2O3/c1-9-3-4-11(15(19)21)8-20(9)16(22)10(2)23-12-5-6-13(17)14(18)7-12/h5-7,9-11H,3-4,8H2,1-2H3,(H2,19,21)/t9-,10+,11-/m1/s1. The Hall–Kier alpha value is -2.18. The first kappa shape index (κ1) is 17.2. The van der Waals surface area contributed by atoms with Crippen LogP contribution in [0.5, 0.6) is 5.75 Å². The second-order valence-electron chi connectivity index (χ2n) is 5.85. The lowest BCUT2D eigenvalue weighted by molar-refractivity contribution is -0.143. The molecule has 1 aromatic carbocycles. The molecule has 23 heavy (non-hydrogen) atoms. The zero-order chi connectivity index (χ0) is 17.1. The molecule has 0 radical (unpaired) electrons. The fourth-order valence-electron chi connectivity index (χ4n) is 2.68. The van der Waals surface area contributed by atoms with E-state index in [1.165, 1.54) is 13.0 Å². The average Bonchev–Trinajstić information content (AvgIpc) is 2.50. The predicted octanol–water partition coefficient (Wildman–Crippen LogP) is 1.84. The normalized spacial score (nSPS) is 22.5. The number of amides is 2. The number of rotatable bonds is 4. The van der Waals surface area contributed by atoms with E-state index in [0.717, 1.165) is 12.1 Å². The Kier molecular flexibility index (Phi) is 5.18. The maximum Gasteiger partial charge on any atom is 0.263 e. The molecule has 1 fully saturated rings. The SMILES string of the molecule is C[C@H](Oc1ccc(F)c(F)c1)C(=O)N1C[C@H](C(N)=O)CC[C@H]1C. The Morgan fingerprint density at radius 1 is 1.30 bits per heavy atom. The van der Waals surface area contributed by atoms with Crippen LogP contribution < -0.4 is 10.5 Å². The molecule has 0 spiro atoms. The van der Waals surface area contributed by atoms with E-state index in [1.54, 1.807) is 4.90 Å². The molecule has 126 valence electrons. The lowest BCUT2D eigenvalue weighted by atomic mass is 9.92. The average molecular weight is 326 g/mol. The summed E-state index contributed by atoms with van der Waals surface area (Å²) in [5.74, 6) is -3.06. The van der Waals surface area contributed by atoms with Gasteiger partial charge < -0.3 is 15.4 Å². The van der Waals surface area contributed by atoms with Crippen molar-refractivity contribution in [3.05, 3.63) is 29.8 Å². The highest BCUT2D eigenvalue weighted by molar-refractivity contribution is 5.83. The van der Waals surface area contributed by atoms with Gasteiger partial charge in [-0.2, -0.15) is 0 Å². The zero-order valence-electron chi connectivity index (χ0n) is 13.1. The summed E-state index contributed by atoms with van der Waals surface area (Å²) in [6, 6.07) is 3.06. The van der Waals surface area contributed by atoms with Crippen LogP contribution in [0.2, 0.25) is 0 Å². The van der Waals surface area contributed by atoms with Crippen molar-refractivity contribution >= 4 is 11.8 Å². The summed E-state index contributed by atoms with van der Waals surface area (Å²) in [7, 11) is 0. The van der Waals surface area contributed by atoms with Crippen LogP contribution in [0.15, 0.2) is 18.2 Å². The highest BCUT2D eigenvalue weighted by atomic mass is 19.2. The van der Waals surface area contributed by atoms with Crippen molar-refractivity contribution < 1.29 is 23.1 Å². The van der Waals surface area contributed by atoms with E-state index in [-0.39, 0.29) is 30.2 Å². The van der Waals surface area contributed by atoms with E-state index in [1.807, 2.05) is 6.92 Å². The fraction of sp³-hybridized carbons (Fsp3) is 0.500. The minimum Gasteiger partial charge on any atom is -0.481 e. The summed E-state index contributed by atoms with van der Waals surface area (Å²) >= 11 is 0. The van der Waals surface area contributed by atoms with Gasteiger partial charge in [-0.1, -0.05) is 0 Å². The van der Waals surface area contributed by atoms with Gasteiger partial charge in [0.15, 0.2) is 17.7 Å². The van der Waals surface area contributed by atoms with E-state index in [9.17, 15) is 18.4 Å². The molecular weight excluding hydrogens is 306 g/mol. The molecule has 2 amide bonds. The number of primary amides is 1. The monoisotopic (exact) mass is 326 g/mol. The zero-order valence-corrected chi connectivity index (χ0v) is 13.1. The second-order valence-corrected chi connectivity index (χ2v) is 5.85. The van der Waals surface area contributed by atoms with Gasteiger partial charge in [-0.05, 0) is 38.8 Å². The minimum absolute atomic E-state index is 0.0332. The molecule has 1 aliphatic heterocycles. The van der Waals surface area contributed by atoms with Gasteiger partial charge in [0, 0.05) is 18.7 Å². The quantitative estimate of drug-likeness (QED) is 0.918. The van der Waals surface area contributed by atoms with Gasteiger partial charge in [0.05, 0.1) is 5.92 Å². The van der Waals surface area contributed by atoms with Gasteiger partial charge >= 0.3 is 0 Å². The first-order valence-electron chi connectivity index (χ1n) is 7.51. The van der Waals surface area contributed by atoms with E-state index in [0.29, 0.717) is 12.8 Å². The number of halogens is 2. The van der Waals surface area contributed by atoms with Crippen molar-refractivity contribution in [2.75, 3.05) is 6.54 Å². The number of piperidine rings is 1. The molecule has 3 atom stereocenters. The van der Waals surface area contributed by atoms with Crippen molar-refractivity contribution in [2.24, 2.45) is 11.7 Å². The van der Waals surface area contributed by atoms with Crippen LogP contribution in [0, 0.1) is 17.6 Å². The highest BCUT2D eigenvalue weighted by Crippen LogP contribution is 2.24. The Balaban J connectivity index is 2.05. The number of hydrogen-bond acceptors (Lipinski definition) is 3. The van der Waals surface area contributed by atoms with Crippen molar-refractivity contribution in [2.45, 2.75) is 38.8 Å². The van der Waals surface area contributed by atoms with E-state index < -0.39 is 23.6 Å². The lowest BCUT2D eigenvalue weighted by Crippen LogP contribution is -2.52. The van der Waals surface area contributed by atoms with Gasteiger partial charge in [0.1, 0.15) is 5.75 Å². The second kappa shape index (κ2) is 6.93. The maximum atomic E-state index is 13.2. The molecule has 2 rings (SSSR count). The molecule has 0 unspecified atom stereocenters. The van der Waals surface area contributed by atoms with Crippen molar-refractivity contribution in [3.8, 4) is 5.75 Å². The first-order chi connectivity index (χ1) is 10.8. The summed E-state index contributed by atoms with van der Waals surface area (Å²) in [5, 5.41) is 0. The van der Waals surface area contributed by atoms with Gasteiger partial charge in [-0.15, -0.1) is 0 Å². The Morgan fingerprint density at radius 3 is 2.61 bits per heavy atom. The lowest BCUT2D eigenvalue weighted by Gasteiger charge is -2.38. The number of nitrogens with two attached hydrogens (primary N) is 1. The molecule has 7 heteroatoms. The van der Waals surface area contributed by atoms with E-state index >= 15 is 0 Å². The molecule has 1 aromatic rings. The van der Waals surface area contributed by atoms with Crippen LogP contribution in [0.25, 0.3) is 0 Å². The maximum absolute atomic E-state index is 13.2. The van der Waals surface area contributed by atoms with Crippen molar-refractivity contribution in [1.82, 2.24) is 4.90 Å². The van der Waals surface area contributed by atoms with Crippen LogP contribution in [0.4, 0.5) is 8.78 Å². The van der Waals surface area contributed by atoms with Crippen LogP contribution in [0.1, 0.15) is 26.7 Å². The van der Waals surface area contributed by atoms with Crippen molar-refractivity contribution in [3.63, 3.8) is 0 Å². The van der Waals surface area contributed by atoms with Crippen LogP contribution in [-0.2, 0) is 9.59 Å². The number of hydrogen-bond donors (Lipinski definition) is 1. The highest BCUT2D eigenvalue weighted by Gasteiger charge is 2.34. The van der Waals surface area contributed by atoms with Gasteiger partial charge in [-0.3, -0.25) is 9.59 Å². The molecular formula is C16H20F2N2O3. The van der Waals surface area contributed by atoms with Crippen LogP contribution >= 0.6 is 0 Å². The Morgan fingerprint density at radius 2 is 2.00 bits per heavy atom. The largest absolute Gasteiger partial charge is 0.481 e. The van der Waals surface area contributed by atoms with E-state index in [4.69, 9.17) is 10.5 Å². The summed E-state index contributed by atoms with van der Waals surface area (Å²) < 4.78 is 31.5. The summed E-state index contributed by atoms with van der Waals surface area (Å²) in [5.41, 5.74) is 5.32. The Labute approximate surface area is 133 Å². The molecule has 1 heterocycles. The van der Waals surface area contributed by atoms with Gasteiger partial charge in [-0.25, -0.2) is 8.78 Å². The van der Waals surface area contributed by atoms with Crippen molar-refractivity contribution in [1.29, 1.82) is 0 Å². The summed E-state index contributed by atoms with van der Waals surface area (Å²) in [4.78, 5) is 25.4. The molecule has 1 aliphatic rings. The smallest absolute Gasteiger partial charge is 0.263 e.